The normalized spacial score (nSPS) is 11.5. The molecule has 0 saturated carbocycles. The Morgan fingerprint density at radius 3 is 2.37 bits per heavy atom. The van der Waals surface area contributed by atoms with Gasteiger partial charge in [-0.2, -0.15) is 10.4 Å². The topological polar surface area (TPSA) is 83.7 Å². The van der Waals surface area contributed by atoms with E-state index in [0.29, 0.717) is 17.9 Å². The molecule has 0 bridgehead atoms. The molecule has 0 saturated heterocycles. The third-order valence-electron chi connectivity index (χ3n) is 4.18. The van der Waals surface area contributed by atoms with Gasteiger partial charge in [-0.1, -0.05) is 30.3 Å². The number of hydrogen-bond donors (Lipinski definition) is 1. The summed E-state index contributed by atoms with van der Waals surface area (Å²) in [6, 6.07) is 25.9. The number of ether oxygens (including phenoxy) is 2. The van der Waals surface area contributed by atoms with Gasteiger partial charge in [-0.15, -0.1) is 0 Å². The third kappa shape index (κ3) is 6.21. The van der Waals surface area contributed by atoms with Crippen LogP contribution in [0.25, 0.3) is 0 Å². The van der Waals surface area contributed by atoms with Crippen LogP contribution < -0.4 is 14.9 Å². The van der Waals surface area contributed by atoms with Crippen LogP contribution in [0.5, 0.6) is 11.5 Å². The lowest BCUT2D eigenvalue weighted by Gasteiger charge is -2.12. The van der Waals surface area contributed by atoms with E-state index in [4.69, 9.17) is 14.7 Å². The highest BCUT2D eigenvalue weighted by molar-refractivity contribution is 5.84. The van der Waals surface area contributed by atoms with Gasteiger partial charge in [0.1, 0.15) is 18.1 Å². The zero-order valence-electron chi connectivity index (χ0n) is 16.5. The smallest absolute Gasteiger partial charge is 0.280 e. The fraction of sp³-hybridized carbons (Fsp3) is 0.125. The Morgan fingerprint density at radius 2 is 1.70 bits per heavy atom. The molecule has 0 heterocycles. The van der Waals surface area contributed by atoms with Crippen LogP contribution in [0.15, 0.2) is 84.0 Å². The van der Waals surface area contributed by atoms with Gasteiger partial charge < -0.3 is 9.47 Å². The van der Waals surface area contributed by atoms with Gasteiger partial charge in [0.25, 0.3) is 5.91 Å². The summed E-state index contributed by atoms with van der Waals surface area (Å²) in [5.41, 5.74) is 4.91. The number of benzene rings is 3. The summed E-state index contributed by atoms with van der Waals surface area (Å²) >= 11 is 0. The molecular weight excluding hydrogens is 378 g/mol. The van der Waals surface area contributed by atoms with Gasteiger partial charge in [0.15, 0.2) is 6.10 Å². The van der Waals surface area contributed by atoms with Crippen molar-refractivity contribution in [2.45, 2.75) is 19.6 Å². The zero-order valence-corrected chi connectivity index (χ0v) is 16.5. The molecule has 3 rings (SSSR count). The Morgan fingerprint density at radius 1 is 1.03 bits per heavy atom. The molecule has 0 fully saturated rings. The molecule has 1 amide bonds. The van der Waals surface area contributed by atoms with E-state index >= 15 is 0 Å². The first-order valence-electron chi connectivity index (χ1n) is 9.40. The van der Waals surface area contributed by atoms with E-state index in [1.165, 1.54) is 0 Å². The molecule has 150 valence electrons. The maximum Gasteiger partial charge on any atom is 0.280 e. The first kappa shape index (κ1) is 20.6. The van der Waals surface area contributed by atoms with E-state index in [0.717, 1.165) is 16.9 Å². The fourth-order valence-electron chi connectivity index (χ4n) is 2.52. The maximum absolute atomic E-state index is 12.1. The van der Waals surface area contributed by atoms with Crippen LogP contribution in [0.4, 0.5) is 0 Å². The summed E-state index contributed by atoms with van der Waals surface area (Å²) in [7, 11) is 0. The van der Waals surface area contributed by atoms with Gasteiger partial charge in [0, 0.05) is 0 Å². The number of amides is 1. The molecule has 0 spiro atoms. The third-order valence-corrected chi connectivity index (χ3v) is 4.18. The van der Waals surface area contributed by atoms with Crippen LogP contribution >= 0.6 is 0 Å². The van der Waals surface area contributed by atoms with Crippen LogP contribution in [0.2, 0.25) is 0 Å². The summed E-state index contributed by atoms with van der Waals surface area (Å²) in [4.78, 5) is 12.1. The highest BCUT2D eigenvalue weighted by Gasteiger charge is 2.13. The molecule has 0 radical (unpaired) electrons. The van der Waals surface area contributed by atoms with Gasteiger partial charge in [-0.05, 0) is 66.6 Å². The number of nitrogens with one attached hydrogen (secondary N) is 1. The Balaban J connectivity index is 1.45. The van der Waals surface area contributed by atoms with E-state index in [-0.39, 0.29) is 5.91 Å². The minimum absolute atomic E-state index is 0.376. The predicted octanol–water partition coefficient (Wildman–Crippen LogP) is 4.05. The molecular formula is C24H21N3O3. The molecule has 6 nitrogen and oxygen atoms in total. The van der Waals surface area contributed by atoms with E-state index in [1.807, 2.05) is 60.7 Å². The summed E-state index contributed by atoms with van der Waals surface area (Å²) in [6.45, 7) is 2.13. The van der Waals surface area contributed by atoms with Crippen LogP contribution in [-0.2, 0) is 11.4 Å². The van der Waals surface area contributed by atoms with Crippen molar-refractivity contribution in [3.05, 3.63) is 95.6 Å². The molecule has 30 heavy (non-hydrogen) atoms. The number of carbonyl (C=O) groups is 1. The van der Waals surface area contributed by atoms with Crippen LogP contribution in [0.1, 0.15) is 23.6 Å². The summed E-state index contributed by atoms with van der Waals surface area (Å²) in [5.74, 6) is 0.884. The Hall–Kier alpha value is -4.11. The van der Waals surface area contributed by atoms with Crippen molar-refractivity contribution in [2.24, 2.45) is 5.10 Å². The summed E-state index contributed by atoms with van der Waals surface area (Å²) in [5, 5.41) is 12.8. The van der Waals surface area contributed by atoms with Gasteiger partial charge in [0.2, 0.25) is 0 Å². The monoisotopic (exact) mass is 399 g/mol. The minimum atomic E-state index is -0.733. The first-order chi connectivity index (χ1) is 14.6. The summed E-state index contributed by atoms with van der Waals surface area (Å²) < 4.78 is 11.3. The van der Waals surface area contributed by atoms with Crippen molar-refractivity contribution in [3.63, 3.8) is 0 Å². The Kier molecular flexibility index (Phi) is 7.17. The molecule has 0 aliphatic heterocycles. The molecule has 1 N–H and O–H groups in total. The molecule has 1 unspecified atom stereocenters. The number of hydrazone groups is 1. The summed E-state index contributed by atoms with van der Waals surface area (Å²) in [6.07, 6.45) is 0.816. The van der Waals surface area contributed by atoms with E-state index in [2.05, 4.69) is 10.5 Å². The fourth-order valence-corrected chi connectivity index (χ4v) is 2.52. The number of rotatable bonds is 8. The second kappa shape index (κ2) is 10.4. The quantitative estimate of drug-likeness (QED) is 0.457. The largest absolute Gasteiger partial charge is 0.489 e. The molecule has 3 aromatic rings. The highest BCUT2D eigenvalue weighted by Crippen LogP contribution is 2.14. The van der Waals surface area contributed by atoms with E-state index in [9.17, 15) is 4.79 Å². The lowest BCUT2D eigenvalue weighted by atomic mass is 10.2. The van der Waals surface area contributed by atoms with Crippen molar-refractivity contribution in [1.29, 1.82) is 5.26 Å². The maximum atomic E-state index is 12.1. The standard InChI is InChI=1S/C24H21N3O3/c1-18(30-23-13-7-19(15-25)8-14-23)24(28)27-26-16-20-9-11-22(12-10-20)29-17-21-5-3-2-4-6-21/h2-14,16,18H,17H2,1H3,(H,27,28). The number of nitriles is 1. The van der Waals surface area contributed by atoms with Gasteiger partial charge in [0.05, 0.1) is 17.8 Å². The van der Waals surface area contributed by atoms with Crippen molar-refractivity contribution in [3.8, 4) is 17.6 Å². The number of nitrogens with zero attached hydrogens (tertiary/aromatic N) is 2. The number of hydrogen-bond acceptors (Lipinski definition) is 5. The molecule has 0 aliphatic carbocycles. The predicted molar refractivity (Wildman–Crippen MR) is 114 cm³/mol. The molecule has 0 aliphatic rings. The zero-order chi connectivity index (χ0) is 21.2. The Labute approximate surface area is 175 Å². The minimum Gasteiger partial charge on any atom is -0.489 e. The Bertz CT molecular complexity index is 1020. The van der Waals surface area contributed by atoms with Crippen molar-refractivity contribution >= 4 is 12.1 Å². The lowest BCUT2D eigenvalue weighted by Crippen LogP contribution is -2.33. The van der Waals surface area contributed by atoms with Crippen LogP contribution in [0.3, 0.4) is 0 Å². The average Bonchev–Trinajstić information content (AvgIpc) is 2.79. The van der Waals surface area contributed by atoms with Gasteiger partial charge >= 0.3 is 0 Å². The lowest BCUT2D eigenvalue weighted by molar-refractivity contribution is -0.127. The van der Waals surface area contributed by atoms with Crippen LogP contribution in [0, 0.1) is 11.3 Å². The second-order valence-corrected chi connectivity index (χ2v) is 6.47. The van der Waals surface area contributed by atoms with Crippen molar-refractivity contribution in [2.75, 3.05) is 0 Å². The van der Waals surface area contributed by atoms with E-state index in [1.54, 1.807) is 37.4 Å². The van der Waals surface area contributed by atoms with Gasteiger partial charge in [-0.3, -0.25) is 4.79 Å². The molecule has 0 aromatic heterocycles. The van der Waals surface area contributed by atoms with Crippen molar-refractivity contribution in [1.82, 2.24) is 5.43 Å². The molecule has 3 aromatic carbocycles. The highest BCUT2D eigenvalue weighted by atomic mass is 16.5. The van der Waals surface area contributed by atoms with E-state index < -0.39 is 6.10 Å². The second-order valence-electron chi connectivity index (χ2n) is 6.47. The number of carbonyl (C=O) groups excluding carboxylic acids is 1. The molecule has 1 atom stereocenters. The molecule has 6 heteroatoms. The average molecular weight is 399 g/mol. The van der Waals surface area contributed by atoms with Crippen LogP contribution in [-0.4, -0.2) is 18.2 Å². The SMILES string of the molecule is CC(Oc1ccc(C#N)cc1)C(=O)NN=Cc1ccc(OCc2ccccc2)cc1. The first-order valence-corrected chi connectivity index (χ1v) is 9.40. The van der Waals surface area contributed by atoms with Gasteiger partial charge in [-0.25, -0.2) is 5.43 Å². The van der Waals surface area contributed by atoms with Crippen molar-refractivity contribution < 1.29 is 14.3 Å².